The van der Waals surface area contributed by atoms with E-state index in [0.717, 1.165) is 23.4 Å². The summed E-state index contributed by atoms with van der Waals surface area (Å²) in [4.78, 5) is 52.3. The molecule has 4 atom stereocenters. The highest BCUT2D eigenvalue weighted by Gasteiger charge is 2.63. The maximum absolute atomic E-state index is 16.0. The second-order valence-electron chi connectivity index (χ2n) is 14.7. The Labute approximate surface area is 331 Å². The average molecular weight is 830 g/mol. The summed E-state index contributed by atoms with van der Waals surface area (Å²) < 4.78 is 82.1. The van der Waals surface area contributed by atoms with Crippen LogP contribution in [0.2, 0.25) is 0 Å². The monoisotopic (exact) mass is 829 g/mol. The number of rotatable bonds is 13. The largest absolute Gasteiger partial charge is 0.697 e. The lowest BCUT2D eigenvalue weighted by molar-refractivity contribution is -0.385. The third-order valence-corrected chi connectivity index (χ3v) is 8.47. The molecule has 0 saturated carbocycles. The predicted molar refractivity (Wildman–Crippen MR) is 202 cm³/mol. The second-order valence-corrected chi connectivity index (χ2v) is 15.6. The number of nitro benzene ring substituents is 1. The summed E-state index contributed by atoms with van der Waals surface area (Å²) in [7, 11) is -3.07. The van der Waals surface area contributed by atoms with E-state index in [4.69, 9.17) is 32.7 Å². The van der Waals surface area contributed by atoms with Crippen LogP contribution in [0.3, 0.4) is 0 Å². The van der Waals surface area contributed by atoms with Gasteiger partial charge in [-0.05, 0) is 88.6 Å². The Bertz CT molecular complexity index is 2190. The molecule has 58 heavy (non-hydrogen) atoms. The first kappa shape index (κ1) is 43.2. The number of alkyl halides is 2. The standard InChI is InChI=1S/C38H39F2N4O13P/c1-36(2,3)56-34(46)42-30-18-19-43(33(45)41-30)32-38(39,40)31(55-35(47)57-37(4,5)6)29(54-32)22-52-58(50)51-21-23-12-17-27(44(48)49)28(20-23)53-26-15-13-25(14-16-26)24-10-8-7-9-11-24/h7-20,29,31-32H,21-22H2,1-6H3/p+1. The summed E-state index contributed by atoms with van der Waals surface area (Å²) in [5.74, 6) is -4.27. The number of benzene rings is 3. The van der Waals surface area contributed by atoms with Gasteiger partial charge in [-0.3, -0.25) is 20.0 Å². The molecule has 1 aromatic heterocycles. The predicted octanol–water partition coefficient (Wildman–Crippen LogP) is 8.70. The van der Waals surface area contributed by atoms with E-state index in [-0.39, 0.29) is 22.8 Å². The fourth-order valence-electron chi connectivity index (χ4n) is 5.35. The van der Waals surface area contributed by atoms with Gasteiger partial charge in [-0.25, -0.2) is 14.4 Å². The van der Waals surface area contributed by atoms with Crippen molar-refractivity contribution < 1.29 is 60.6 Å². The van der Waals surface area contributed by atoms with Crippen LogP contribution in [0.15, 0.2) is 89.9 Å². The third-order valence-electron chi connectivity index (χ3n) is 7.77. The van der Waals surface area contributed by atoms with Crippen molar-refractivity contribution in [2.24, 2.45) is 0 Å². The molecule has 20 heteroatoms. The van der Waals surface area contributed by atoms with Crippen molar-refractivity contribution in [1.82, 2.24) is 9.55 Å². The summed E-state index contributed by atoms with van der Waals surface area (Å²) in [6.07, 6.45) is -8.26. The van der Waals surface area contributed by atoms with Gasteiger partial charge in [0.2, 0.25) is 18.1 Å². The van der Waals surface area contributed by atoms with Gasteiger partial charge in [0, 0.05) is 16.8 Å². The number of ether oxygens (including phenoxy) is 5. The number of hydrogen-bond acceptors (Lipinski definition) is 14. The van der Waals surface area contributed by atoms with E-state index in [1.165, 1.54) is 39.0 Å². The van der Waals surface area contributed by atoms with E-state index in [9.17, 15) is 29.1 Å². The van der Waals surface area contributed by atoms with Crippen molar-refractivity contribution >= 4 is 32.0 Å². The van der Waals surface area contributed by atoms with Crippen molar-refractivity contribution in [3.63, 3.8) is 0 Å². The first-order valence-electron chi connectivity index (χ1n) is 17.5. The zero-order chi connectivity index (χ0) is 42.4. The highest BCUT2D eigenvalue weighted by Crippen LogP contribution is 2.45. The molecule has 308 valence electrons. The highest BCUT2D eigenvalue weighted by molar-refractivity contribution is 7.33. The van der Waals surface area contributed by atoms with Crippen LogP contribution in [0.5, 0.6) is 11.5 Å². The number of carbonyl (C=O) groups is 2. The van der Waals surface area contributed by atoms with Gasteiger partial charge < -0.3 is 23.7 Å². The zero-order valence-electron chi connectivity index (χ0n) is 32.1. The maximum atomic E-state index is 16.0. The second kappa shape index (κ2) is 17.7. The number of carbonyl (C=O) groups excluding carboxylic acids is 2. The van der Waals surface area contributed by atoms with Crippen molar-refractivity contribution in [1.29, 1.82) is 0 Å². The van der Waals surface area contributed by atoms with E-state index in [0.29, 0.717) is 10.3 Å². The fraction of sp³-hybridized carbons (Fsp3) is 0.368. The molecule has 0 spiro atoms. The highest BCUT2D eigenvalue weighted by atomic mass is 31.1. The molecule has 1 amide bonds. The van der Waals surface area contributed by atoms with E-state index in [1.54, 1.807) is 45.0 Å². The minimum Gasteiger partial charge on any atom is -0.450 e. The topological polar surface area (TPSA) is 206 Å². The summed E-state index contributed by atoms with van der Waals surface area (Å²) in [6.45, 7) is 7.92. The Morgan fingerprint density at radius 3 is 2.22 bits per heavy atom. The minimum atomic E-state index is -4.12. The molecule has 2 heterocycles. The molecule has 17 nitrogen and oxygen atoms in total. The Kier molecular flexibility index (Phi) is 13.2. The molecule has 0 radical (unpaired) electrons. The molecule has 4 unspecified atom stereocenters. The van der Waals surface area contributed by atoms with Crippen molar-refractivity contribution in [2.75, 3.05) is 11.9 Å². The Balaban J connectivity index is 1.27. The molecule has 5 rings (SSSR count). The van der Waals surface area contributed by atoms with Gasteiger partial charge in [-0.2, -0.15) is 13.8 Å². The van der Waals surface area contributed by atoms with Crippen LogP contribution >= 0.6 is 8.25 Å². The number of hydrogen-bond donors (Lipinski definition) is 1. The Morgan fingerprint density at radius 1 is 0.948 bits per heavy atom. The minimum absolute atomic E-state index is 0.136. The third kappa shape index (κ3) is 11.6. The lowest BCUT2D eigenvalue weighted by Gasteiger charge is -2.25. The number of nitro groups is 1. The van der Waals surface area contributed by atoms with E-state index in [1.807, 2.05) is 30.3 Å². The Hall–Kier alpha value is -5.88. The van der Waals surface area contributed by atoms with Gasteiger partial charge in [0.15, 0.2) is 0 Å². The number of halogens is 2. The number of anilines is 1. The molecule has 1 aliphatic heterocycles. The normalized spacial score (nSPS) is 17.9. The van der Waals surface area contributed by atoms with E-state index < -0.39 is 79.9 Å². The van der Waals surface area contributed by atoms with E-state index in [2.05, 4.69) is 10.3 Å². The van der Waals surface area contributed by atoms with Crippen LogP contribution in [0, 0.1) is 10.1 Å². The molecule has 1 saturated heterocycles. The molecule has 1 aliphatic rings. The van der Waals surface area contributed by atoms with Crippen LogP contribution in [0.1, 0.15) is 53.3 Å². The van der Waals surface area contributed by atoms with Crippen LogP contribution < -0.4 is 15.7 Å². The molecule has 0 aliphatic carbocycles. The van der Waals surface area contributed by atoms with Gasteiger partial charge in [0.25, 0.3) is 0 Å². The summed E-state index contributed by atoms with van der Waals surface area (Å²) in [5.41, 5.74) is -1.52. The number of amides is 1. The van der Waals surface area contributed by atoms with Gasteiger partial charge in [-0.15, -0.1) is 9.05 Å². The van der Waals surface area contributed by atoms with Gasteiger partial charge in [0.05, 0.1) is 4.92 Å². The van der Waals surface area contributed by atoms with Crippen LogP contribution in [-0.4, -0.2) is 62.7 Å². The van der Waals surface area contributed by atoms with Gasteiger partial charge >= 0.3 is 37.8 Å². The smallest absolute Gasteiger partial charge is 0.450 e. The fourth-order valence-corrected chi connectivity index (χ4v) is 5.95. The van der Waals surface area contributed by atoms with Crippen molar-refractivity contribution in [3.8, 4) is 22.6 Å². The zero-order valence-corrected chi connectivity index (χ0v) is 33.0. The number of nitrogens with one attached hydrogen (secondary N) is 1. The molecule has 0 bridgehead atoms. The number of aromatic nitrogens is 2. The van der Waals surface area contributed by atoms with Gasteiger partial charge in [-0.1, -0.05) is 42.5 Å². The molecular formula is C38H40F2N4O13P+. The Morgan fingerprint density at radius 2 is 1.60 bits per heavy atom. The SMILES string of the molecule is CC(C)(C)OC(=O)Nc1ccn(C2OC(CO[P+](=O)OCc3ccc([N+](=O)[O-])c(Oc4ccc(-c5ccccc5)cc4)c3)C(OC(=O)OC(C)(C)C)C2(F)F)c(=O)n1. The molecular weight excluding hydrogens is 789 g/mol. The summed E-state index contributed by atoms with van der Waals surface area (Å²) in [6, 6.07) is 21.3. The molecule has 4 aromatic rings. The van der Waals surface area contributed by atoms with Crippen molar-refractivity contribution in [2.45, 2.75) is 83.7 Å². The molecule has 1 N–H and O–H groups in total. The summed E-state index contributed by atoms with van der Waals surface area (Å²) >= 11 is 0. The summed E-state index contributed by atoms with van der Waals surface area (Å²) in [5, 5.41) is 14.0. The van der Waals surface area contributed by atoms with E-state index >= 15 is 8.78 Å². The van der Waals surface area contributed by atoms with Crippen molar-refractivity contribution in [3.05, 3.63) is 111 Å². The van der Waals surface area contributed by atoms with Gasteiger partial charge in [0.1, 0.15) is 42.1 Å². The maximum Gasteiger partial charge on any atom is 0.697 e. The lowest BCUT2D eigenvalue weighted by Crippen LogP contribution is -2.45. The van der Waals surface area contributed by atoms with Crippen LogP contribution in [0.4, 0.5) is 29.9 Å². The molecule has 1 fully saturated rings. The number of nitrogens with zero attached hydrogens (tertiary/aromatic N) is 3. The first-order valence-corrected chi connectivity index (χ1v) is 18.6. The first-order chi connectivity index (χ1) is 27.2. The average Bonchev–Trinajstić information content (AvgIpc) is 3.37. The molecule has 3 aromatic carbocycles. The quantitative estimate of drug-likeness (QED) is 0.0579. The lowest BCUT2D eigenvalue weighted by atomic mass is 10.1. The van der Waals surface area contributed by atoms with Crippen LogP contribution in [0.25, 0.3) is 11.1 Å². The van der Waals surface area contributed by atoms with Crippen LogP contribution in [-0.2, 0) is 39.2 Å².